The quantitative estimate of drug-likeness (QED) is 0.202. The molecule has 0 radical (unpaired) electrons. The van der Waals surface area contributed by atoms with E-state index in [1.807, 2.05) is 47.4 Å². The number of hydrogen-bond donors (Lipinski definition) is 0. The zero-order valence-electron chi connectivity index (χ0n) is 22.9. The van der Waals surface area contributed by atoms with Gasteiger partial charge >= 0.3 is 0 Å². The number of amides is 2. The Balaban J connectivity index is 1.75. The van der Waals surface area contributed by atoms with E-state index < -0.39 is 0 Å². The number of methoxy groups -OCH3 is 1. The Hall–Kier alpha value is -2.90. The molecule has 0 spiro atoms. The third-order valence-corrected chi connectivity index (χ3v) is 7.20. The minimum Gasteiger partial charge on any atom is -0.385 e. The smallest absolute Gasteiger partial charge is 0.254 e. The summed E-state index contributed by atoms with van der Waals surface area (Å²) in [6.07, 6.45) is 5.55. The van der Waals surface area contributed by atoms with Crippen molar-refractivity contribution in [3.8, 4) is 0 Å². The fourth-order valence-electron chi connectivity index (χ4n) is 4.35. The van der Waals surface area contributed by atoms with Crippen LogP contribution in [0.3, 0.4) is 0 Å². The first-order valence-corrected chi connectivity index (χ1v) is 14.3. The van der Waals surface area contributed by atoms with E-state index in [1.165, 1.54) is 11.1 Å². The molecule has 0 N–H and O–H groups in total. The molecule has 0 bridgehead atoms. The van der Waals surface area contributed by atoms with Gasteiger partial charge in [-0.15, -0.1) is 0 Å². The number of halogens is 1. The lowest BCUT2D eigenvalue weighted by Crippen LogP contribution is -2.43. The van der Waals surface area contributed by atoms with Crippen LogP contribution < -0.4 is 0 Å². The van der Waals surface area contributed by atoms with Crippen LogP contribution in [0, 0.1) is 0 Å². The van der Waals surface area contributed by atoms with Crippen molar-refractivity contribution in [1.82, 2.24) is 14.4 Å². The number of nitrogens with zero attached hydrogens (tertiary/aromatic N) is 3. The third kappa shape index (κ3) is 8.84. The van der Waals surface area contributed by atoms with Gasteiger partial charge in [-0.25, -0.2) is 0 Å². The number of unbranched alkanes of at least 4 members (excludes halogenated alkanes) is 1. The Morgan fingerprint density at radius 3 is 2.24 bits per heavy atom. The minimum absolute atomic E-state index is 0.0363. The lowest BCUT2D eigenvalue weighted by Gasteiger charge is -2.28. The first-order valence-electron chi connectivity index (χ1n) is 13.5. The Bertz CT molecular complexity index is 1140. The number of benzene rings is 2. The highest BCUT2D eigenvalue weighted by molar-refractivity contribution is 9.10. The normalized spacial score (nSPS) is 10.9. The van der Waals surface area contributed by atoms with Crippen LogP contribution in [-0.4, -0.2) is 59.5 Å². The van der Waals surface area contributed by atoms with Gasteiger partial charge in [-0.05, 0) is 66.8 Å². The van der Waals surface area contributed by atoms with Crippen molar-refractivity contribution in [2.24, 2.45) is 0 Å². The van der Waals surface area contributed by atoms with Gasteiger partial charge in [0.15, 0.2) is 0 Å². The van der Waals surface area contributed by atoms with Crippen molar-refractivity contribution in [2.75, 3.05) is 33.4 Å². The molecule has 7 heteroatoms. The molecule has 0 unspecified atom stereocenters. The Morgan fingerprint density at radius 2 is 1.58 bits per heavy atom. The average Bonchev–Trinajstić information content (AvgIpc) is 3.37. The van der Waals surface area contributed by atoms with Crippen molar-refractivity contribution in [1.29, 1.82) is 0 Å². The summed E-state index contributed by atoms with van der Waals surface area (Å²) in [7, 11) is 1.65. The molecule has 2 aromatic carbocycles. The average molecular weight is 583 g/mol. The van der Waals surface area contributed by atoms with Gasteiger partial charge in [0.1, 0.15) is 6.54 Å². The summed E-state index contributed by atoms with van der Waals surface area (Å²) < 4.78 is 8.45. The van der Waals surface area contributed by atoms with Crippen LogP contribution in [0.1, 0.15) is 60.3 Å². The second-order valence-corrected chi connectivity index (χ2v) is 10.5. The van der Waals surface area contributed by atoms with Crippen LogP contribution in [0.4, 0.5) is 0 Å². The zero-order valence-corrected chi connectivity index (χ0v) is 24.5. The van der Waals surface area contributed by atoms with Crippen LogP contribution in [-0.2, 0) is 29.0 Å². The maximum Gasteiger partial charge on any atom is 0.254 e. The number of carbonyl (C=O) groups is 2. The molecule has 0 atom stereocenters. The number of rotatable bonds is 15. The maximum atomic E-state index is 13.6. The summed E-state index contributed by atoms with van der Waals surface area (Å²) in [6, 6.07) is 20.1. The maximum absolute atomic E-state index is 13.6. The highest BCUT2D eigenvalue weighted by Gasteiger charge is 2.23. The molecule has 204 valence electrons. The molecule has 0 fully saturated rings. The largest absolute Gasteiger partial charge is 0.385 e. The van der Waals surface area contributed by atoms with Crippen LogP contribution in [0.2, 0.25) is 0 Å². The van der Waals surface area contributed by atoms with Crippen molar-refractivity contribution >= 4 is 27.7 Å². The minimum atomic E-state index is -0.119. The summed E-state index contributed by atoms with van der Waals surface area (Å²) in [5.41, 5.74) is 4.06. The lowest BCUT2D eigenvalue weighted by molar-refractivity contribution is -0.132. The molecular formula is C31H40BrN3O3. The summed E-state index contributed by atoms with van der Waals surface area (Å²) in [4.78, 5) is 30.6. The summed E-state index contributed by atoms with van der Waals surface area (Å²) >= 11 is 3.50. The van der Waals surface area contributed by atoms with Gasteiger partial charge < -0.3 is 19.1 Å². The molecule has 0 saturated carbocycles. The van der Waals surface area contributed by atoms with Crippen molar-refractivity contribution in [3.05, 3.63) is 93.7 Å². The number of aromatic nitrogens is 1. The van der Waals surface area contributed by atoms with E-state index >= 15 is 0 Å². The molecule has 0 aliphatic carbocycles. The number of carbonyl (C=O) groups excluding carboxylic acids is 2. The number of hydrogen-bond acceptors (Lipinski definition) is 3. The molecule has 0 saturated heterocycles. The first kappa shape index (κ1) is 29.7. The van der Waals surface area contributed by atoms with Gasteiger partial charge in [0.25, 0.3) is 5.91 Å². The Kier molecular flexibility index (Phi) is 12.1. The van der Waals surface area contributed by atoms with Crippen LogP contribution in [0.5, 0.6) is 0 Å². The second-order valence-electron chi connectivity index (χ2n) is 9.55. The van der Waals surface area contributed by atoms with Crippen LogP contribution in [0.15, 0.2) is 71.3 Å². The second kappa shape index (κ2) is 15.5. The molecule has 3 rings (SSSR count). The first-order chi connectivity index (χ1) is 18.4. The Labute approximate surface area is 235 Å². The van der Waals surface area contributed by atoms with Gasteiger partial charge in [0, 0.05) is 55.3 Å². The molecule has 38 heavy (non-hydrogen) atoms. The fraction of sp³-hybridized carbons (Fsp3) is 0.419. The van der Waals surface area contributed by atoms with E-state index in [2.05, 4.69) is 58.7 Å². The summed E-state index contributed by atoms with van der Waals surface area (Å²) in [5.74, 6) is -0.156. The predicted octanol–water partition coefficient (Wildman–Crippen LogP) is 6.17. The molecule has 1 heterocycles. The zero-order chi connectivity index (χ0) is 27.3. The van der Waals surface area contributed by atoms with Crippen LogP contribution in [0.25, 0.3) is 0 Å². The van der Waals surface area contributed by atoms with Gasteiger partial charge in [0.2, 0.25) is 5.91 Å². The highest BCUT2D eigenvalue weighted by Crippen LogP contribution is 2.16. The SMILES string of the molecule is CCCCN(Cc1cccn1Cc1ccc(Br)cc1)C(=O)CN(CCCOC)C(=O)c1ccc(CC)cc1. The molecule has 1 aromatic heterocycles. The van der Waals surface area contributed by atoms with Crippen LogP contribution >= 0.6 is 15.9 Å². The molecular weight excluding hydrogens is 542 g/mol. The van der Waals surface area contributed by atoms with Crippen molar-refractivity contribution < 1.29 is 14.3 Å². The monoisotopic (exact) mass is 581 g/mol. The molecule has 3 aromatic rings. The predicted molar refractivity (Wildman–Crippen MR) is 156 cm³/mol. The van der Waals surface area contributed by atoms with Gasteiger partial charge in [-0.2, -0.15) is 0 Å². The number of ether oxygens (including phenoxy) is 1. The van der Waals surface area contributed by atoms with Gasteiger partial charge in [-0.3, -0.25) is 9.59 Å². The van der Waals surface area contributed by atoms with E-state index in [-0.39, 0.29) is 18.4 Å². The fourth-order valence-corrected chi connectivity index (χ4v) is 4.62. The lowest BCUT2D eigenvalue weighted by atomic mass is 10.1. The summed E-state index contributed by atoms with van der Waals surface area (Å²) in [6.45, 7) is 7.17. The highest BCUT2D eigenvalue weighted by atomic mass is 79.9. The van der Waals surface area contributed by atoms with E-state index in [1.54, 1.807) is 12.0 Å². The van der Waals surface area contributed by atoms with E-state index in [9.17, 15) is 9.59 Å². The molecule has 2 amide bonds. The topological polar surface area (TPSA) is 54.8 Å². The summed E-state index contributed by atoms with van der Waals surface area (Å²) in [5, 5.41) is 0. The number of aryl methyl sites for hydroxylation is 1. The third-order valence-electron chi connectivity index (χ3n) is 6.68. The van der Waals surface area contributed by atoms with E-state index in [0.29, 0.717) is 38.2 Å². The van der Waals surface area contributed by atoms with Gasteiger partial charge in [0.05, 0.1) is 6.54 Å². The van der Waals surface area contributed by atoms with E-state index in [4.69, 9.17) is 4.74 Å². The molecule has 0 aliphatic heterocycles. The molecule has 0 aliphatic rings. The Morgan fingerprint density at radius 1 is 0.895 bits per heavy atom. The standard InChI is InChI=1S/C31H40BrN3O3/c1-4-6-18-34(23-29-9-7-19-33(29)22-26-12-16-28(32)17-13-26)30(36)24-35(20-8-21-38-3)31(37)27-14-10-25(5-2)11-15-27/h7,9-17,19H,4-6,8,18,20-24H2,1-3H3. The van der Waals surface area contributed by atoms with E-state index in [0.717, 1.165) is 36.0 Å². The van der Waals surface area contributed by atoms with Gasteiger partial charge in [-0.1, -0.05) is 60.5 Å². The molecule has 6 nitrogen and oxygen atoms in total. The van der Waals surface area contributed by atoms with Crippen molar-refractivity contribution in [2.45, 2.75) is 52.6 Å². The van der Waals surface area contributed by atoms with Crippen molar-refractivity contribution in [3.63, 3.8) is 0 Å².